The van der Waals surface area contributed by atoms with Gasteiger partial charge in [-0.25, -0.2) is 9.50 Å². The minimum Gasteiger partial charge on any atom is -0.354 e. The molecular weight excluding hydrogens is 316 g/mol. The van der Waals surface area contributed by atoms with E-state index in [4.69, 9.17) is 4.98 Å². The lowest BCUT2D eigenvalue weighted by Crippen LogP contribution is -2.38. The third-order valence-electron chi connectivity index (χ3n) is 4.20. The van der Waals surface area contributed by atoms with Crippen LogP contribution in [-0.4, -0.2) is 27.2 Å². The first-order chi connectivity index (χ1) is 9.61. The van der Waals surface area contributed by atoms with Crippen LogP contribution in [0.4, 0.5) is 5.82 Å². The second-order valence-corrected chi connectivity index (χ2v) is 6.44. The molecule has 0 spiro atoms. The van der Waals surface area contributed by atoms with Gasteiger partial charge in [0.2, 0.25) is 0 Å². The van der Waals surface area contributed by atoms with Gasteiger partial charge in [-0.1, -0.05) is 6.92 Å². The molecule has 2 aromatic heterocycles. The molecule has 1 aliphatic heterocycles. The summed E-state index contributed by atoms with van der Waals surface area (Å²) in [6, 6.07) is 2.73. The first-order valence-corrected chi connectivity index (χ1v) is 8.22. The van der Waals surface area contributed by atoms with Crippen molar-refractivity contribution in [2.45, 2.75) is 52.5 Å². The van der Waals surface area contributed by atoms with Gasteiger partial charge in [0.25, 0.3) is 0 Å². The highest BCUT2D eigenvalue weighted by molar-refractivity contribution is 9.10. The van der Waals surface area contributed by atoms with Crippen LogP contribution in [0.25, 0.3) is 5.65 Å². The molecule has 108 valence electrons. The molecule has 0 unspecified atom stereocenters. The Hall–Kier alpha value is -1.10. The molecule has 0 aromatic carbocycles. The molecule has 1 saturated heterocycles. The van der Waals surface area contributed by atoms with Crippen LogP contribution < -0.4 is 4.90 Å². The van der Waals surface area contributed by atoms with E-state index < -0.39 is 0 Å². The van der Waals surface area contributed by atoms with Crippen molar-refractivity contribution in [2.75, 3.05) is 11.4 Å². The smallest absolute Gasteiger partial charge is 0.172 e. The molecule has 0 amide bonds. The summed E-state index contributed by atoms with van der Waals surface area (Å²) in [6.07, 6.45) is 4.76. The summed E-state index contributed by atoms with van der Waals surface area (Å²) in [7, 11) is 0. The fraction of sp³-hybridized carbons (Fsp3) is 0.600. The number of nitrogens with zero attached hydrogens (tertiary/aromatic N) is 4. The maximum atomic E-state index is 4.86. The summed E-state index contributed by atoms with van der Waals surface area (Å²) < 4.78 is 2.98. The molecule has 5 heteroatoms. The average molecular weight is 337 g/mol. The second kappa shape index (κ2) is 5.35. The van der Waals surface area contributed by atoms with Crippen LogP contribution in [0.3, 0.4) is 0 Å². The lowest BCUT2D eigenvalue weighted by atomic mass is 10.0. The number of aromatic nitrogens is 3. The first-order valence-electron chi connectivity index (χ1n) is 7.43. The molecule has 1 aliphatic rings. The molecule has 0 N–H and O–H groups in total. The highest BCUT2D eigenvalue weighted by Gasteiger charge is 2.21. The Morgan fingerprint density at radius 2 is 2.20 bits per heavy atom. The third kappa shape index (κ3) is 2.22. The molecule has 1 fully saturated rings. The van der Waals surface area contributed by atoms with E-state index in [1.807, 2.05) is 4.52 Å². The van der Waals surface area contributed by atoms with Gasteiger partial charge in [0, 0.05) is 24.3 Å². The Kier molecular flexibility index (Phi) is 3.71. The van der Waals surface area contributed by atoms with E-state index in [2.05, 4.69) is 52.8 Å². The van der Waals surface area contributed by atoms with Crippen molar-refractivity contribution >= 4 is 27.4 Å². The van der Waals surface area contributed by atoms with Crippen molar-refractivity contribution in [3.8, 4) is 0 Å². The van der Waals surface area contributed by atoms with Crippen LogP contribution in [0.2, 0.25) is 0 Å². The molecule has 3 heterocycles. The molecule has 4 nitrogen and oxygen atoms in total. The largest absolute Gasteiger partial charge is 0.354 e. The van der Waals surface area contributed by atoms with Crippen LogP contribution in [0.1, 0.15) is 44.5 Å². The normalized spacial score (nSPS) is 19.8. The predicted molar refractivity (Wildman–Crippen MR) is 85.5 cm³/mol. The Labute approximate surface area is 128 Å². The molecule has 0 radical (unpaired) electrons. The number of rotatable bonds is 2. The van der Waals surface area contributed by atoms with E-state index >= 15 is 0 Å². The zero-order valence-electron chi connectivity index (χ0n) is 12.4. The van der Waals surface area contributed by atoms with Gasteiger partial charge in [-0.2, -0.15) is 5.10 Å². The minimum absolute atomic E-state index is 0.574. The van der Waals surface area contributed by atoms with Gasteiger partial charge in [-0.15, -0.1) is 0 Å². The quantitative estimate of drug-likeness (QED) is 0.837. The number of aryl methyl sites for hydroxylation is 2. The van der Waals surface area contributed by atoms with Gasteiger partial charge >= 0.3 is 0 Å². The van der Waals surface area contributed by atoms with Gasteiger partial charge in [-0.05, 0) is 55.5 Å². The van der Waals surface area contributed by atoms with E-state index in [1.165, 1.54) is 19.3 Å². The first kappa shape index (κ1) is 13.9. The molecule has 0 aliphatic carbocycles. The number of piperidine rings is 1. The number of halogens is 1. The maximum absolute atomic E-state index is 4.86. The molecule has 3 rings (SSSR count). The lowest BCUT2D eigenvalue weighted by Gasteiger charge is -2.34. The van der Waals surface area contributed by atoms with E-state index in [1.54, 1.807) is 0 Å². The summed E-state index contributed by atoms with van der Waals surface area (Å²) in [5.41, 5.74) is 3.15. The van der Waals surface area contributed by atoms with Crippen molar-refractivity contribution in [3.05, 3.63) is 21.9 Å². The fourth-order valence-electron chi connectivity index (χ4n) is 2.98. The molecule has 20 heavy (non-hydrogen) atoms. The minimum atomic E-state index is 0.574. The number of hydrogen-bond donors (Lipinski definition) is 0. The van der Waals surface area contributed by atoms with Crippen LogP contribution in [0.5, 0.6) is 0 Å². The Morgan fingerprint density at radius 1 is 1.40 bits per heavy atom. The average Bonchev–Trinajstić information content (AvgIpc) is 2.77. The zero-order valence-corrected chi connectivity index (χ0v) is 13.9. The topological polar surface area (TPSA) is 33.4 Å². The lowest BCUT2D eigenvalue weighted by molar-refractivity contribution is 0.481. The van der Waals surface area contributed by atoms with Gasteiger partial charge in [0.15, 0.2) is 5.65 Å². The summed E-state index contributed by atoms with van der Waals surface area (Å²) in [4.78, 5) is 7.29. The van der Waals surface area contributed by atoms with Crippen molar-refractivity contribution in [1.82, 2.24) is 14.6 Å². The van der Waals surface area contributed by atoms with Crippen molar-refractivity contribution in [1.29, 1.82) is 0 Å². The van der Waals surface area contributed by atoms with E-state index in [0.29, 0.717) is 6.04 Å². The molecular formula is C15H21BrN4. The predicted octanol–water partition coefficient (Wildman–Crippen LogP) is 3.74. The fourth-order valence-corrected chi connectivity index (χ4v) is 3.59. The van der Waals surface area contributed by atoms with Gasteiger partial charge in [-0.3, -0.25) is 0 Å². The van der Waals surface area contributed by atoms with Gasteiger partial charge in [0.1, 0.15) is 5.82 Å². The second-order valence-electron chi connectivity index (χ2n) is 5.64. The van der Waals surface area contributed by atoms with Crippen LogP contribution >= 0.6 is 15.9 Å². The summed E-state index contributed by atoms with van der Waals surface area (Å²) in [6.45, 7) is 7.63. The monoisotopic (exact) mass is 336 g/mol. The highest BCUT2D eigenvalue weighted by atomic mass is 79.9. The summed E-state index contributed by atoms with van der Waals surface area (Å²) in [5, 5.41) is 4.62. The van der Waals surface area contributed by atoms with Gasteiger partial charge < -0.3 is 4.90 Å². The zero-order chi connectivity index (χ0) is 14.3. The molecule has 0 saturated carbocycles. The standard InChI is InChI=1S/C15H21BrN4/c1-4-12-14(16)15-17-13(9-11(3)20(15)18-12)19-8-6-5-7-10(19)2/h9-10H,4-8H2,1-3H3/t10-/m0/s1. The van der Waals surface area contributed by atoms with Crippen LogP contribution in [0.15, 0.2) is 10.5 Å². The number of hydrogen-bond acceptors (Lipinski definition) is 3. The number of fused-ring (bicyclic) bond motifs is 1. The van der Waals surface area contributed by atoms with Crippen molar-refractivity contribution in [2.24, 2.45) is 0 Å². The number of anilines is 1. The molecule has 2 aromatic rings. The summed E-state index contributed by atoms with van der Waals surface area (Å²) >= 11 is 3.66. The molecule has 1 atom stereocenters. The van der Waals surface area contributed by atoms with E-state index in [9.17, 15) is 0 Å². The Bertz CT molecular complexity index is 634. The highest BCUT2D eigenvalue weighted by Crippen LogP contribution is 2.28. The Morgan fingerprint density at radius 3 is 2.90 bits per heavy atom. The van der Waals surface area contributed by atoms with Crippen molar-refractivity contribution in [3.63, 3.8) is 0 Å². The van der Waals surface area contributed by atoms with Crippen molar-refractivity contribution < 1.29 is 0 Å². The summed E-state index contributed by atoms with van der Waals surface area (Å²) in [5.74, 6) is 1.09. The van der Waals surface area contributed by atoms with Crippen LogP contribution in [-0.2, 0) is 6.42 Å². The third-order valence-corrected chi connectivity index (χ3v) is 5.01. The van der Waals surface area contributed by atoms with E-state index in [-0.39, 0.29) is 0 Å². The molecule has 0 bridgehead atoms. The Balaban J connectivity index is 2.10. The van der Waals surface area contributed by atoms with Crippen LogP contribution in [0, 0.1) is 6.92 Å². The maximum Gasteiger partial charge on any atom is 0.172 e. The SMILES string of the molecule is CCc1nn2c(C)cc(N3CCCC[C@@H]3C)nc2c1Br. The van der Waals surface area contributed by atoms with Gasteiger partial charge in [0.05, 0.1) is 10.2 Å². The van der Waals surface area contributed by atoms with E-state index in [0.717, 1.165) is 40.3 Å².